The molecule has 1 aliphatic rings. The Balaban J connectivity index is 1.98. The van der Waals surface area contributed by atoms with Crippen molar-refractivity contribution < 1.29 is 17.6 Å². The third-order valence-corrected chi connectivity index (χ3v) is 4.18. The molecule has 0 bridgehead atoms. The van der Waals surface area contributed by atoms with E-state index in [9.17, 15) is 17.6 Å². The van der Waals surface area contributed by atoms with Crippen LogP contribution >= 0.6 is 0 Å². The molecule has 1 aromatic carbocycles. The Kier molecular flexibility index (Phi) is 3.22. The van der Waals surface area contributed by atoms with Crippen LogP contribution in [0, 0.1) is 17.8 Å². The first-order valence-electron chi connectivity index (χ1n) is 6.99. The minimum Gasteiger partial charge on any atom is -0.253 e. The molecule has 2 nitrogen and oxygen atoms in total. The Hall–Kier alpha value is -1.59. The van der Waals surface area contributed by atoms with Crippen LogP contribution in [0.4, 0.5) is 17.6 Å². The van der Waals surface area contributed by atoms with E-state index in [1.54, 1.807) is 12.1 Å². The summed E-state index contributed by atoms with van der Waals surface area (Å²) in [7, 11) is 0. The van der Waals surface area contributed by atoms with Crippen LogP contribution < -0.4 is 0 Å². The number of alkyl halides is 3. The lowest BCUT2D eigenvalue weighted by molar-refractivity contribution is -0.142. The number of fused-ring (bicyclic) bond motifs is 1. The Morgan fingerprint density at radius 1 is 1.33 bits per heavy atom. The Morgan fingerprint density at radius 3 is 2.62 bits per heavy atom. The standard InChI is InChI=1S/C15H16F4N2/c1-8(2)11-6-12(11)9-3-4-10-13(5-9)21(20-14(10)16)7-15(17,18)19/h3-5,8,11-12H,6-7H2,1-2H3/t11-,12-/m1/s1. The summed E-state index contributed by atoms with van der Waals surface area (Å²) >= 11 is 0. The molecule has 0 unspecified atom stereocenters. The summed E-state index contributed by atoms with van der Waals surface area (Å²) in [6.07, 6.45) is -3.37. The average Bonchev–Trinajstić information content (AvgIpc) is 3.11. The zero-order valence-electron chi connectivity index (χ0n) is 11.8. The molecule has 3 rings (SSSR count). The summed E-state index contributed by atoms with van der Waals surface area (Å²) in [5, 5.41) is 3.52. The van der Waals surface area contributed by atoms with Crippen molar-refractivity contribution in [3.63, 3.8) is 0 Å². The maximum atomic E-state index is 13.6. The van der Waals surface area contributed by atoms with Gasteiger partial charge in [-0.3, -0.25) is 4.68 Å². The summed E-state index contributed by atoms with van der Waals surface area (Å²) in [4.78, 5) is 0. The van der Waals surface area contributed by atoms with Gasteiger partial charge < -0.3 is 0 Å². The minimum absolute atomic E-state index is 0.143. The van der Waals surface area contributed by atoms with Gasteiger partial charge in [-0.05, 0) is 41.9 Å². The number of halogens is 4. The number of hydrogen-bond donors (Lipinski definition) is 0. The highest BCUT2D eigenvalue weighted by atomic mass is 19.4. The normalized spacial score (nSPS) is 22.2. The van der Waals surface area contributed by atoms with Gasteiger partial charge in [0, 0.05) is 0 Å². The van der Waals surface area contributed by atoms with Crippen molar-refractivity contribution in [1.82, 2.24) is 9.78 Å². The molecule has 0 aliphatic heterocycles. The average molecular weight is 300 g/mol. The molecule has 2 aromatic rings. The van der Waals surface area contributed by atoms with Gasteiger partial charge in [-0.25, -0.2) is 0 Å². The predicted octanol–water partition coefficient (Wildman–Crippen LogP) is 4.50. The fraction of sp³-hybridized carbons (Fsp3) is 0.533. The lowest BCUT2D eigenvalue weighted by Gasteiger charge is -2.08. The van der Waals surface area contributed by atoms with Gasteiger partial charge in [0.05, 0.1) is 10.9 Å². The van der Waals surface area contributed by atoms with Crippen molar-refractivity contribution in [1.29, 1.82) is 0 Å². The van der Waals surface area contributed by atoms with Gasteiger partial charge in [0.2, 0.25) is 5.95 Å². The SMILES string of the molecule is CC(C)[C@H]1C[C@@H]1c1ccc2c(F)nn(CC(F)(F)F)c2c1. The smallest absolute Gasteiger partial charge is 0.253 e. The van der Waals surface area contributed by atoms with Crippen LogP contribution in [0.3, 0.4) is 0 Å². The van der Waals surface area contributed by atoms with E-state index in [0.29, 0.717) is 22.4 Å². The molecule has 0 amide bonds. The maximum Gasteiger partial charge on any atom is 0.408 e. The Morgan fingerprint density at radius 2 is 2.05 bits per heavy atom. The van der Waals surface area contributed by atoms with E-state index in [0.717, 1.165) is 12.0 Å². The largest absolute Gasteiger partial charge is 0.408 e. The highest BCUT2D eigenvalue weighted by Crippen LogP contribution is 2.52. The van der Waals surface area contributed by atoms with Crippen LogP contribution in [0.2, 0.25) is 0 Å². The maximum absolute atomic E-state index is 13.6. The summed E-state index contributed by atoms with van der Waals surface area (Å²) < 4.78 is 51.9. The van der Waals surface area contributed by atoms with Gasteiger partial charge in [-0.2, -0.15) is 17.6 Å². The van der Waals surface area contributed by atoms with Crippen molar-refractivity contribution in [3.05, 3.63) is 29.7 Å². The molecule has 1 saturated carbocycles. The fourth-order valence-electron chi connectivity index (χ4n) is 3.01. The van der Waals surface area contributed by atoms with Crippen molar-refractivity contribution in [2.75, 3.05) is 0 Å². The molecule has 1 fully saturated rings. The number of hydrogen-bond acceptors (Lipinski definition) is 1. The molecule has 1 aromatic heterocycles. The quantitative estimate of drug-likeness (QED) is 0.763. The lowest BCUT2D eigenvalue weighted by atomic mass is 10.0. The lowest BCUT2D eigenvalue weighted by Crippen LogP contribution is -2.18. The molecular formula is C15H16F4N2. The van der Waals surface area contributed by atoms with Gasteiger partial charge in [-0.15, -0.1) is 5.10 Å². The van der Waals surface area contributed by atoms with Crippen LogP contribution in [-0.2, 0) is 6.54 Å². The second kappa shape index (κ2) is 4.71. The van der Waals surface area contributed by atoms with Crippen molar-refractivity contribution in [2.45, 2.75) is 38.9 Å². The summed E-state index contributed by atoms with van der Waals surface area (Å²) in [5.41, 5.74) is 1.20. The molecule has 0 saturated heterocycles. The number of aromatic nitrogens is 2. The molecule has 21 heavy (non-hydrogen) atoms. The molecule has 6 heteroatoms. The number of nitrogens with zero attached hydrogens (tertiary/aromatic N) is 2. The summed E-state index contributed by atoms with van der Waals surface area (Å²) in [6.45, 7) is 3.00. The van der Waals surface area contributed by atoms with Crippen LogP contribution in [0.15, 0.2) is 18.2 Å². The van der Waals surface area contributed by atoms with Gasteiger partial charge in [0.1, 0.15) is 6.54 Å². The van der Waals surface area contributed by atoms with E-state index in [-0.39, 0.29) is 10.9 Å². The highest BCUT2D eigenvalue weighted by Gasteiger charge is 2.40. The zero-order valence-corrected chi connectivity index (χ0v) is 11.8. The molecule has 1 heterocycles. The van der Waals surface area contributed by atoms with E-state index < -0.39 is 18.7 Å². The first-order valence-corrected chi connectivity index (χ1v) is 6.99. The van der Waals surface area contributed by atoms with E-state index in [4.69, 9.17) is 0 Å². The third kappa shape index (κ3) is 2.76. The Bertz CT molecular complexity index is 672. The second-order valence-corrected chi connectivity index (χ2v) is 6.09. The topological polar surface area (TPSA) is 17.8 Å². The van der Waals surface area contributed by atoms with Crippen LogP contribution in [0.25, 0.3) is 10.9 Å². The Labute approximate surface area is 119 Å². The highest BCUT2D eigenvalue weighted by molar-refractivity contribution is 5.80. The van der Waals surface area contributed by atoms with E-state index in [1.165, 1.54) is 6.07 Å². The predicted molar refractivity (Wildman–Crippen MR) is 71.4 cm³/mol. The molecule has 0 spiro atoms. The van der Waals surface area contributed by atoms with Crippen LogP contribution in [0.1, 0.15) is 31.7 Å². The minimum atomic E-state index is -4.42. The molecule has 1 aliphatic carbocycles. The van der Waals surface area contributed by atoms with Gasteiger partial charge in [-0.1, -0.05) is 19.9 Å². The number of benzene rings is 1. The van der Waals surface area contributed by atoms with Gasteiger partial charge in [0.15, 0.2) is 0 Å². The molecule has 0 radical (unpaired) electrons. The van der Waals surface area contributed by atoms with Crippen molar-refractivity contribution in [2.24, 2.45) is 11.8 Å². The van der Waals surface area contributed by atoms with E-state index >= 15 is 0 Å². The van der Waals surface area contributed by atoms with Crippen molar-refractivity contribution >= 4 is 10.9 Å². The summed E-state index contributed by atoms with van der Waals surface area (Å²) in [6, 6.07) is 5.00. The molecular weight excluding hydrogens is 284 g/mol. The summed E-state index contributed by atoms with van der Waals surface area (Å²) in [5.74, 6) is 0.623. The first-order chi connectivity index (χ1) is 9.76. The molecule has 2 atom stereocenters. The monoisotopic (exact) mass is 300 g/mol. The number of rotatable bonds is 3. The van der Waals surface area contributed by atoms with Crippen LogP contribution in [0.5, 0.6) is 0 Å². The molecule has 114 valence electrons. The first kappa shape index (κ1) is 14.4. The van der Waals surface area contributed by atoms with Gasteiger partial charge in [0.25, 0.3) is 0 Å². The third-order valence-electron chi connectivity index (χ3n) is 4.18. The van der Waals surface area contributed by atoms with Gasteiger partial charge >= 0.3 is 6.18 Å². The second-order valence-electron chi connectivity index (χ2n) is 6.09. The fourth-order valence-corrected chi connectivity index (χ4v) is 3.01. The molecule has 0 N–H and O–H groups in total. The van der Waals surface area contributed by atoms with E-state index in [1.807, 2.05) is 0 Å². The zero-order chi connectivity index (χ0) is 15.4. The van der Waals surface area contributed by atoms with E-state index in [2.05, 4.69) is 18.9 Å². The van der Waals surface area contributed by atoms with Crippen LogP contribution in [-0.4, -0.2) is 16.0 Å². The van der Waals surface area contributed by atoms with Crippen molar-refractivity contribution in [3.8, 4) is 0 Å².